The minimum atomic E-state index is -0.430. The van der Waals surface area contributed by atoms with Gasteiger partial charge in [0.15, 0.2) is 0 Å². The summed E-state index contributed by atoms with van der Waals surface area (Å²) in [5.74, 6) is -0.659. The van der Waals surface area contributed by atoms with Gasteiger partial charge in [-0.3, -0.25) is 4.79 Å². The summed E-state index contributed by atoms with van der Waals surface area (Å²) in [6, 6.07) is 11.1. The van der Waals surface area contributed by atoms with Gasteiger partial charge in [-0.25, -0.2) is 4.79 Å². The number of hydrogen-bond acceptors (Lipinski definition) is 6. The molecule has 0 unspecified atom stereocenters. The Labute approximate surface area is 151 Å². The van der Waals surface area contributed by atoms with Gasteiger partial charge in [0.05, 0.1) is 12.0 Å². The summed E-state index contributed by atoms with van der Waals surface area (Å²) in [5, 5.41) is 2.86. The summed E-state index contributed by atoms with van der Waals surface area (Å²) in [5.41, 5.74) is 1.89. The highest BCUT2D eigenvalue weighted by atomic mass is 32.1. The largest absolute Gasteiger partial charge is 0.465 e. The van der Waals surface area contributed by atoms with E-state index in [1.165, 1.54) is 7.11 Å². The van der Waals surface area contributed by atoms with Gasteiger partial charge in [-0.05, 0) is 43.4 Å². The second-order valence-corrected chi connectivity index (χ2v) is 7.03. The van der Waals surface area contributed by atoms with Crippen molar-refractivity contribution < 1.29 is 14.3 Å². The number of anilines is 2. The molecular weight excluding hydrogens is 338 g/mol. The summed E-state index contributed by atoms with van der Waals surface area (Å²) in [6.07, 6.45) is 0. The van der Waals surface area contributed by atoms with E-state index in [-0.39, 0.29) is 5.91 Å². The van der Waals surface area contributed by atoms with Crippen LogP contribution in [0.3, 0.4) is 0 Å². The van der Waals surface area contributed by atoms with Crippen molar-refractivity contribution in [1.82, 2.24) is 4.90 Å². The molecule has 1 aromatic heterocycles. The van der Waals surface area contributed by atoms with Gasteiger partial charge < -0.3 is 19.9 Å². The second-order valence-electron chi connectivity index (χ2n) is 5.95. The molecule has 6 nitrogen and oxygen atoms in total. The molecule has 0 radical (unpaired) electrons. The van der Waals surface area contributed by atoms with Gasteiger partial charge in [-0.2, -0.15) is 0 Å². The Balaban J connectivity index is 1.62. The molecule has 1 saturated heterocycles. The fourth-order valence-corrected chi connectivity index (χ4v) is 3.50. The normalized spacial score (nSPS) is 15.0. The standard InChI is InChI=1S/C18H21N3O3S/c1-20-9-11-21(12-10-20)14-5-3-13(4-6-14)19-17(22)15-7-8-16(25-15)18(23)24-2/h3-8H,9-12H2,1-2H3,(H,19,22). The number of hydrogen-bond donors (Lipinski definition) is 1. The first-order valence-corrected chi connectivity index (χ1v) is 8.91. The molecule has 2 aromatic rings. The zero-order valence-corrected chi connectivity index (χ0v) is 15.1. The molecule has 0 atom stereocenters. The molecule has 7 heteroatoms. The number of thiophene rings is 1. The number of piperazine rings is 1. The topological polar surface area (TPSA) is 61.9 Å². The van der Waals surface area contributed by atoms with Crippen molar-refractivity contribution in [2.75, 3.05) is 50.6 Å². The van der Waals surface area contributed by atoms with Gasteiger partial charge in [-0.15, -0.1) is 11.3 Å². The second kappa shape index (κ2) is 7.67. The van der Waals surface area contributed by atoms with Gasteiger partial charge in [0, 0.05) is 37.6 Å². The Morgan fingerprint density at radius 3 is 2.28 bits per heavy atom. The number of carbonyl (C=O) groups excluding carboxylic acids is 2. The maximum Gasteiger partial charge on any atom is 0.348 e. The highest BCUT2D eigenvalue weighted by molar-refractivity contribution is 7.16. The van der Waals surface area contributed by atoms with Gasteiger partial charge >= 0.3 is 5.97 Å². The maximum absolute atomic E-state index is 12.3. The van der Waals surface area contributed by atoms with E-state index in [1.807, 2.05) is 24.3 Å². The molecule has 1 N–H and O–H groups in total. The van der Waals surface area contributed by atoms with Crippen molar-refractivity contribution in [2.45, 2.75) is 0 Å². The van der Waals surface area contributed by atoms with Gasteiger partial charge in [0.1, 0.15) is 4.88 Å². The highest BCUT2D eigenvalue weighted by Gasteiger charge is 2.16. The molecule has 0 aliphatic carbocycles. The predicted molar refractivity (Wildman–Crippen MR) is 99.8 cm³/mol. The fourth-order valence-electron chi connectivity index (χ4n) is 2.68. The number of benzene rings is 1. The van der Waals surface area contributed by atoms with E-state index in [4.69, 9.17) is 0 Å². The molecule has 25 heavy (non-hydrogen) atoms. The molecule has 1 aliphatic rings. The number of methoxy groups -OCH3 is 1. The monoisotopic (exact) mass is 359 g/mol. The lowest BCUT2D eigenvalue weighted by atomic mass is 10.2. The molecule has 0 bridgehead atoms. The first-order chi connectivity index (χ1) is 12.1. The first-order valence-electron chi connectivity index (χ1n) is 8.10. The molecule has 0 saturated carbocycles. The molecule has 3 rings (SSSR count). The molecular formula is C18H21N3O3S. The first kappa shape index (κ1) is 17.4. The quantitative estimate of drug-likeness (QED) is 0.850. The number of rotatable bonds is 4. The van der Waals surface area contributed by atoms with E-state index in [0.717, 1.165) is 48.9 Å². The lowest BCUT2D eigenvalue weighted by Crippen LogP contribution is -2.44. The third-order valence-electron chi connectivity index (χ3n) is 4.21. The van der Waals surface area contributed by atoms with E-state index in [1.54, 1.807) is 12.1 Å². The Kier molecular flexibility index (Phi) is 5.35. The van der Waals surface area contributed by atoms with Crippen LogP contribution >= 0.6 is 11.3 Å². The average molecular weight is 359 g/mol. The maximum atomic E-state index is 12.3. The van der Waals surface area contributed by atoms with Crippen LogP contribution in [0.4, 0.5) is 11.4 Å². The number of amides is 1. The highest BCUT2D eigenvalue weighted by Crippen LogP contribution is 2.22. The minimum absolute atomic E-state index is 0.229. The van der Waals surface area contributed by atoms with Crippen LogP contribution in [0.25, 0.3) is 0 Å². The van der Waals surface area contributed by atoms with Crippen molar-refractivity contribution in [2.24, 2.45) is 0 Å². The molecule has 2 heterocycles. The summed E-state index contributed by atoms with van der Waals surface area (Å²) < 4.78 is 4.66. The van der Waals surface area contributed by atoms with Gasteiger partial charge in [0.25, 0.3) is 5.91 Å². The van der Waals surface area contributed by atoms with Crippen LogP contribution in [0.15, 0.2) is 36.4 Å². The molecule has 1 fully saturated rings. The number of nitrogens with one attached hydrogen (secondary N) is 1. The molecule has 132 valence electrons. The number of esters is 1. The number of carbonyl (C=O) groups is 2. The average Bonchev–Trinajstić information content (AvgIpc) is 3.13. The SMILES string of the molecule is COC(=O)c1ccc(C(=O)Nc2ccc(N3CCN(C)CC3)cc2)s1. The van der Waals surface area contributed by atoms with Crippen LogP contribution in [0.1, 0.15) is 19.3 Å². The molecule has 1 amide bonds. The van der Waals surface area contributed by atoms with E-state index in [2.05, 4.69) is 26.9 Å². The summed E-state index contributed by atoms with van der Waals surface area (Å²) in [6.45, 7) is 4.13. The van der Waals surface area contributed by atoms with Crippen molar-refractivity contribution in [3.63, 3.8) is 0 Å². The third-order valence-corrected chi connectivity index (χ3v) is 5.27. The van der Waals surface area contributed by atoms with E-state index in [0.29, 0.717) is 9.75 Å². The third kappa shape index (κ3) is 4.18. The van der Waals surface area contributed by atoms with Crippen LogP contribution in [-0.4, -0.2) is 57.1 Å². The van der Waals surface area contributed by atoms with Crippen LogP contribution in [0, 0.1) is 0 Å². The summed E-state index contributed by atoms with van der Waals surface area (Å²) >= 11 is 1.12. The van der Waals surface area contributed by atoms with Crippen LogP contribution in [0.2, 0.25) is 0 Å². The Morgan fingerprint density at radius 1 is 1.00 bits per heavy atom. The fraction of sp³-hybridized carbons (Fsp3) is 0.333. The van der Waals surface area contributed by atoms with Crippen LogP contribution < -0.4 is 10.2 Å². The zero-order valence-electron chi connectivity index (χ0n) is 14.3. The Bertz CT molecular complexity index is 749. The molecule has 0 spiro atoms. The van der Waals surface area contributed by atoms with Gasteiger partial charge in [0.2, 0.25) is 0 Å². The van der Waals surface area contributed by atoms with E-state index in [9.17, 15) is 9.59 Å². The Hall–Kier alpha value is -2.38. The lowest BCUT2D eigenvalue weighted by Gasteiger charge is -2.34. The van der Waals surface area contributed by atoms with Crippen LogP contribution in [-0.2, 0) is 4.74 Å². The number of ether oxygens (including phenoxy) is 1. The Morgan fingerprint density at radius 2 is 1.64 bits per heavy atom. The molecule has 1 aliphatic heterocycles. The van der Waals surface area contributed by atoms with Crippen molar-refractivity contribution in [1.29, 1.82) is 0 Å². The number of likely N-dealkylation sites (N-methyl/N-ethyl adjacent to an activating group) is 1. The lowest BCUT2D eigenvalue weighted by molar-refractivity contribution is 0.0606. The predicted octanol–water partition coefficient (Wildman–Crippen LogP) is 2.54. The zero-order chi connectivity index (χ0) is 17.8. The minimum Gasteiger partial charge on any atom is -0.465 e. The smallest absolute Gasteiger partial charge is 0.348 e. The van der Waals surface area contributed by atoms with Crippen molar-refractivity contribution in [3.8, 4) is 0 Å². The van der Waals surface area contributed by atoms with Crippen molar-refractivity contribution >= 4 is 34.6 Å². The van der Waals surface area contributed by atoms with Crippen LogP contribution in [0.5, 0.6) is 0 Å². The summed E-state index contributed by atoms with van der Waals surface area (Å²) in [7, 11) is 3.45. The van der Waals surface area contributed by atoms with E-state index < -0.39 is 5.97 Å². The van der Waals surface area contributed by atoms with Crippen molar-refractivity contribution in [3.05, 3.63) is 46.2 Å². The number of nitrogens with zero attached hydrogens (tertiary/aromatic N) is 2. The van der Waals surface area contributed by atoms with Gasteiger partial charge in [-0.1, -0.05) is 0 Å². The summed E-state index contributed by atoms with van der Waals surface area (Å²) in [4.78, 5) is 29.3. The van der Waals surface area contributed by atoms with E-state index >= 15 is 0 Å². The molecule has 1 aromatic carbocycles.